The lowest BCUT2D eigenvalue weighted by Gasteiger charge is -2.12. The SMILES string of the molecule is O=C(NCc1ccc2c(c1)OCO2)c1ccc(Cl)c(S(=O)(=O)Nc2ccc(Cl)cc2)c1. The molecule has 0 unspecified atom stereocenters. The molecule has 0 saturated heterocycles. The van der Waals surface area contributed by atoms with Crippen molar-refractivity contribution in [2.24, 2.45) is 0 Å². The fourth-order valence-corrected chi connectivity index (χ4v) is 4.63. The zero-order valence-electron chi connectivity index (χ0n) is 15.9. The van der Waals surface area contributed by atoms with E-state index in [1.165, 1.54) is 30.3 Å². The average molecular weight is 479 g/mol. The molecule has 0 saturated carbocycles. The van der Waals surface area contributed by atoms with E-state index in [1.807, 2.05) is 6.07 Å². The molecular weight excluding hydrogens is 463 g/mol. The minimum absolute atomic E-state index is 0.00576. The zero-order chi connectivity index (χ0) is 22.0. The van der Waals surface area contributed by atoms with E-state index >= 15 is 0 Å². The van der Waals surface area contributed by atoms with Crippen LogP contribution in [0.1, 0.15) is 15.9 Å². The van der Waals surface area contributed by atoms with Crippen molar-refractivity contribution in [3.8, 4) is 11.5 Å². The van der Waals surface area contributed by atoms with Gasteiger partial charge in [-0.2, -0.15) is 0 Å². The van der Waals surface area contributed by atoms with Gasteiger partial charge < -0.3 is 14.8 Å². The maximum Gasteiger partial charge on any atom is 0.263 e. The lowest BCUT2D eigenvalue weighted by Crippen LogP contribution is -2.23. The number of halogens is 2. The van der Waals surface area contributed by atoms with Crippen LogP contribution in [0.4, 0.5) is 5.69 Å². The molecule has 0 spiro atoms. The second-order valence-corrected chi connectivity index (χ2v) is 9.12. The van der Waals surface area contributed by atoms with Gasteiger partial charge in [0.1, 0.15) is 4.90 Å². The Kier molecular flexibility index (Phi) is 5.95. The van der Waals surface area contributed by atoms with Gasteiger partial charge in [-0.05, 0) is 60.2 Å². The number of sulfonamides is 1. The van der Waals surface area contributed by atoms with Crippen molar-refractivity contribution in [3.63, 3.8) is 0 Å². The molecule has 2 N–H and O–H groups in total. The Morgan fingerprint density at radius 3 is 2.45 bits per heavy atom. The van der Waals surface area contributed by atoms with Crippen LogP contribution in [0.5, 0.6) is 11.5 Å². The third-order valence-corrected chi connectivity index (χ3v) is 6.58. The number of nitrogens with one attached hydrogen (secondary N) is 2. The van der Waals surface area contributed by atoms with E-state index in [-0.39, 0.29) is 28.8 Å². The van der Waals surface area contributed by atoms with Crippen molar-refractivity contribution < 1.29 is 22.7 Å². The predicted octanol–water partition coefficient (Wildman–Crippen LogP) is 4.45. The lowest BCUT2D eigenvalue weighted by molar-refractivity contribution is 0.0950. The first-order valence-electron chi connectivity index (χ1n) is 9.06. The smallest absolute Gasteiger partial charge is 0.263 e. The maximum absolute atomic E-state index is 12.8. The Bertz CT molecular complexity index is 1250. The van der Waals surface area contributed by atoms with Gasteiger partial charge >= 0.3 is 0 Å². The number of hydrogen-bond acceptors (Lipinski definition) is 5. The van der Waals surface area contributed by atoms with Crippen molar-refractivity contribution in [1.82, 2.24) is 5.32 Å². The monoisotopic (exact) mass is 478 g/mol. The number of ether oxygens (including phenoxy) is 2. The van der Waals surface area contributed by atoms with E-state index in [2.05, 4.69) is 10.0 Å². The molecule has 160 valence electrons. The zero-order valence-corrected chi connectivity index (χ0v) is 18.2. The van der Waals surface area contributed by atoms with Gasteiger partial charge in [-0.3, -0.25) is 9.52 Å². The van der Waals surface area contributed by atoms with Crippen molar-refractivity contribution in [2.45, 2.75) is 11.4 Å². The molecular formula is C21H16Cl2N2O5S. The molecule has 3 aromatic carbocycles. The number of rotatable bonds is 6. The Labute approximate surface area is 188 Å². The second kappa shape index (κ2) is 8.66. The summed E-state index contributed by atoms with van der Waals surface area (Å²) in [6.07, 6.45) is 0. The van der Waals surface area contributed by atoms with Gasteiger partial charge in [-0.1, -0.05) is 29.3 Å². The maximum atomic E-state index is 12.8. The van der Waals surface area contributed by atoms with Gasteiger partial charge in [0.25, 0.3) is 15.9 Å². The molecule has 0 radical (unpaired) electrons. The quantitative estimate of drug-likeness (QED) is 0.545. The van der Waals surface area contributed by atoms with E-state index < -0.39 is 15.9 Å². The van der Waals surface area contributed by atoms with Crippen LogP contribution in [0.25, 0.3) is 0 Å². The molecule has 0 aromatic heterocycles. The summed E-state index contributed by atoms with van der Waals surface area (Å²) < 4.78 is 38.6. The van der Waals surface area contributed by atoms with Crippen LogP contribution in [-0.2, 0) is 16.6 Å². The Hall–Kier alpha value is -2.94. The molecule has 1 amide bonds. The molecule has 1 heterocycles. The highest BCUT2D eigenvalue weighted by Crippen LogP contribution is 2.32. The third kappa shape index (κ3) is 4.87. The number of amides is 1. The molecule has 4 rings (SSSR count). The molecule has 1 aliphatic rings. The van der Waals surface area contributed by atoms with E-state index in [4.69, 9.17) is 32.7 Å². The number of benzene rings is 3. The van der Waals surface area contributed by atoms with E-state index in [9.17, 15) is 13.2 Å². The van der Waals surface area contributed by atoms with Crippen LogP contribution < -0.4 is 19.5 Å². The van der Waals surface area contributed by atoms with Crippen LogP contribution >= 0.6 is 23.2 Å². The summed E-state index contributed by atoms with van der Waals surface area (Å²) in [6.45, 7) is 0.389. The van der Waals surface area contributed by atoms with Crippen LogP contribution in [-0.4, -0.2) is 21.1 Å². The normalized spacial score (nSPS) is 12.5. The van der Waals surface area contributed by atoms with E-state index in [1.54, 1.807) is 24.3 Å². The van der Waals surface area contributed by atoms with Gasteiger partial charge in [0.2, 0.25) is 6.79 Å². The van der Waals surface area contributed by atoms with Gasteiger partial charge in [0.15, 0.2) is 11.5 Å². The van der Waals surface area contributed by atoms with Crippen LogP contribution in [0.15, 0.2) is 65.6 Å². The van der Waals surface area contributed by atoms with Crippen molar-refractivity contribution in [3.05, 3.63) is 81.8 Å². The van der Waals surface area contributed by atoms with E-state index in [0.29, 0.717) is 22.2 Å². The van der Waals surface area contributed by atoms with Gasteiger partial charge in [0, 0.05) is 22.8 Å². The highest BCUT2D eigenvalue weighted by atomic mass is 35.5. The fourth-order valence-electron chi connectivity index (χ4n) is 2.91. The fraction of sp³-hybridized carbons (Fsp3) is 0.0952. The molecule has 0 fully saturated rings. The lowest BCUT2D eigenvalue weighted by atomic mass is 10.1. The second-order valence-electron chi connectivity index (χ2n) is 6.63. The van der Waals surface area contributed by atoms with Gasteiger partial charge in [-0.25, -0.2) is 8.42 Å². The standard InChI is InChI=1S/C21H16Cl2N2O5S/c22-15-3-5-16(6-4-15)25-31(27,28)20-10-14(2-7-17(20)23)21(26)24-11-13-1-8-18-19(9-13)30-12-29-18/h1-10,25H,11-12H2,(H,24,26). The van der Waals surface area contributed by atoms with Crippen molar-refractivity contribution in [1.29, 1.82) is 0 Å². The minimum atomic E-state index is -4.02. The summed E-state index contributed by atoms with van der Waals surface area (Å²) in [6, 6.07) is 15.6. The molecule has 0 bridgehead atoms. The van der Waals surface area contributed by atoms with Crippen molar-refractivity contribution in [2.75, 3.05) is 11.5 Å². The molecule has 0 aliphatic carbocycles. The predicted molar refractivity (Wildman–Crippen MR) is 117 cm³/mol. The highest BCUT2D eigenvalue weighted by Gasteiger charge is 2.21. The topological polar surface area (TPSA) is 93.7 Å². The average Bonchev–Trinajstić information content (AvgIpc) is 3.21. The van der Waals surface area contributed by atoms with Gasteiger partial charge in [0.05, 0.1) is 5.02 Å². The summed E-state index contributed by atoms with van der Waals surface area (Å²) in [5.74, 6) is 0.813. The minimum Gasteiger partial charge on any atom is -0.454 e. The molecule has 7 nitrogen and oxygen atoms in total. The Balaban J connectivity index is 1.49. The Morgan fingerprint density at radius 1 is 0.935 bits per heavy atom. The Morgan fingerprint density at radius 2 is 1.68 bits per heavy atom. The number of hydrogen-bond donors (Lipinski definition) is 2. The first kappa shape index (κ1) is 21.3. The summed E-state index contributed by atoms with van der Waals surface area (Å²) in [7, 11) is -4.02. The molecule has 1 aliphatic heterocycles. The summed E-state index contributed by atoms with van der Waals surface area (Å²) in [5, 5.41) is 3.22. The number of carbonyl (C=O) groups is 1. The van der Waals surface area contributed by atoms with Crippen LogP contribution in [0.3, 0.4) is 0 Å². The van der Waals surface area contributed by atoms with Crippen LogP contribution in [0.2, 0.25) is 10.0 Å². The van der Waals surface area contributed by atoms with Crippen molar-refractivity contribution >= 4 is 44.8 Å². The summed E-state index contributed by atoms with van der Waals surface area (Å²) in [4.78, 5) is 12.4. The van der Waals surface area contributed by atoms with E-state index in [0.717, 1.165) is 5.56 Å². The largest absolute Gasteiger partial charge is 0.454 e. The first-order chi connectivity index (χ1) is 14.8. The highest BCUT2D eigenvalue weighted by molar-refractivity contribution is 7.92. The molecule has 10 heteroatoms. The number of anilines is 1. The van der Waals surface area contributed by atoms with Crippen LogP contribution in [0, 0.1) is 0 Å². The number of carbonyl (C=O) groups excluding carboxylic acids is 1. The third-order valence-electron chi connectivity index (χ3n) is 4.47. The summed E-state index contributed by atoms with van der Waals surface area (Å²) >= 11 is 11.9. The molecule has 0 atom stereocenters. The molecule has 31 heavy (non-hydrogen) atoms. The van der Waals surface area contributed by atoms with Gasteiger partial charge in [-0.15, -0.1) is 0 Å². The first-order valence-corrected chi connectivity index (χ1v) is 11.3. The number of fused-ring (bicyclic) bond motifs is 1. The molecule has 3 aromatic rings. The summed E-state index contributed by atoms with van der Waals surface area (Å²) in [5.41, 5.74) is 1.28.